The van der Waals surface area contributed by atoms with Crippen LogP contribution < -0.4 is 11.1 Å². The summed E-state index contributed by atoms with van der Waals surface area (Å²) in [6.45, 7) is 1.58. The lowest BCUT2D eigenvalue weighted by Crippen LogP contribution is -2.16. The number of nitrogens with zero attached hydrogens (tertiary/aromatic N) is 3. The van der Waals surface area contributed by atoms with E-state index in [0.29, 0.717) is 13.0 Å². The minimum atomic E-state index is -0.232. The summed E-state index contributed by atoms with van der Waals surface area (Å²) in [5.74, 6) is -0.232. The zero-order chi connectivity index (χ0) is 11.1. The highest BCUT2D eigenvalue weighted by atomic mass is 16.1. The van der Waals surface area contributed by atoms with Crippen LogP contribution in [0, 0.1) is 0 Å². The Morgan fingerprint density at radius 3 is 3.00 bits per heavy atom. The first-order valence-corrected chi connectivity index (χ1v) is 5.02. The molecule has 1 amide bonds. The van der Waals surface area contributed by atoms with Gasteiger partial charge in [-0.1, -0.05) is 5.21 Å². The highest BCUT2D eigenvalue weighted by Crippen LogP contribution is 1.94. The number of aryl methyl sites for hydroxylation is 1. The van der Waals surface area contributed by atoms with Gasteiger partial charge in [0.2, 0.25) is 5.91 Å². The third-order valence-corrected chi connectivity index (χ3v) is 1.98. The van der Waals surface area contributed by atoms with Crippen LogP contribution in [0.4, 0.5) is 0 Å². The van der Waals surface area contributed by atoms with Gasteiger partial charge < -0.3 is 11.1 Å². The molecule has 0 fully saturated rings. The molecule has 1 heterocycles. The minimum absolute atomic E-state index is 0.232. The molecule has 0 aromatic carbocycles. The van der Waals surface area contributed by atoms with E-state index in [4.69, 9.17) is 5.73 Å². The van der Waals surface area contributed by atoms with Crippen molar-refractivity contribution in [1.82, 2.24) is 20.3 Å². The van der Waals surface area contributed by atoms with Crippen molar-refractivity contribution in [2.24, 2.45) is 12.8 Å². The molecule has 0 spiro atoms. The van der Waals surface area contributed by atoms with Crippen LogP contribution in [0.3, 0.4) is 0 Å². The zero-order valence-electron chi connectivity index (χ0n) is 8.94. The maximum atomic E-state index is 10.4. The van der Waals surface area contributed by atoms with Crippen LogP contribution in [-0.4, -0.2) is 27.4 Å². The van der Waals surface area contributed by atoms with Crippen molar-refractivity contribution in [3.8, 4) is 0 Å². The fraction of sp³-hybridized carbons (Fsp3) is 0.667. The Morgan fingerprint density at radius 2 is 2.40 bits per heavy atom. The number of hydrogen-bond acceptors (Lipinski definition) is 4. The highest BCUT2D eigenvalue weighted by molar-refractivity contribution is 5.73. The summed E-state index contributed by atoms with van der Waals surface area (Å²) in [5.41, 5.74) is 5.94. The van der Waals surface area contributed by atoms with Gasteiger partial charge in [0, 0.05) is 26.2 Å². The standard InChI is InChI=1S/C9H17N5O/c1-14-7-8(12-13-14)6-11-5-3-2-4-9(10)15/h7,11H,2-6H2,1H3,(H2,10,15). The quantitative estimate of drug-likeness (QED) is 0.599. The number of aromatic nitrogens is 3. The Balaban J connectivity index is 2.00. The molecule has 0 aliphatic heterocycles. The zero-order valence-corrected chi connectivity index (χ0v) is 8.94. The fourth-order valence-corrected chi connectivity index (χ4v) is 1.24. The summed E-state index contributed by atoms with van der Waals surface area (Å²) in [5, 5.41) is 11.0. The van der Waals surface area contributed by atoms with Gasteiger partial charge in [0.25, 0.3) is 0 Å². The van der Waals surface area contributed by atoms with Crippen molar-refractivity contribution < 1.29 is 4.79 Å². The molecule has 0 aliphatic carbocycles. The van der Waals surface area contributed by atoms with Crippen molar-refractivity contribution in [2.45, 2.75) is 25.8 Å². The van der Waals surface area contributed by atoms with Crippen molar-refractivity contribution in [3.63, 3.8) is 0 Å². The van der Waals surface area contributed by atoms with Crippen molar-refractivity contribution in [1.29, 1.82) is 0 Å². The lowest BCUT2D eigenvalue weighted by atomic mass is 10.2. The second-order valence-electron chi connectivity index (χ2n) is 3.48. The fourth-order valence-electron chi connectivity index (χ4n) is 1.24. The monoisotopic (exact) mass is 211 g/mol. The third kappa shape index (κ3) is 5.11. The smallest absolute Gasteiger partial charge is 0.217 e. The highest BCUT2D eigenvalue weighted by Gasteiger charge is 1.97. The van der Waals surface area contributed by atoms with Gasteiger partial charge >= 0.3 is 0 Å². The second-order valence-corrected chi connectivity index (χ2v) is 3.48. The predicted octanol–water partition coefficient (Wildman–Crippen LogP) is -0.440. The summed E-state index contributed by atoms with van der Waals surface area (Å²) in [7, 11) is 1.84. The molecule has 6 nitrogen and oxygen atoms in total. The number of primary amides is 1. The normalized spacial score (nSPS) is 10.5. The first-order chi connectivity index (χ1) is 7.18. The van der Waals surface area contributed by atoms with Crippen molar-refractivity contribution in [2.75, 3.05) is 6.54 Å². The van der Waals surface area contributed by atoms with Crippen LogP contribution >= 0.6 is 0 Å². The van der Waals surface area contributed by atoms with Crippen LogP contribution in [0.25, 0.3) is 0 Å². The van der Waals surface area contributed by atoms with Gasteiger partial charge in [-0.2, -0.15) is 0 Å². The Labute approximate surface area is 88.8 Å². The van der Waals surface area contributed by atoms with Crippen LogP contribution in [0.15, 0.2) is 6.20 Å². The number of hydrogen-bond donors (Lipinski definition) is 2. The Kier molecular flexibility index (Phi) is 4.76. The maximum Gasteiger partial charge on any atom is 0.217 e. The van der Waals surface area contributed by atoms with Gasteiger partial charge in [0.1, 0.15) is 0 Å². The maximum absolute atomic E-state index is 10.4. The average Bonchev–Trinajstić information content (AvgIpc) is 2.57. The Hall–Kier alpha value is -1.43. The molecule has 6 heteroatoms. The van der Waals surface area contributed by atoms with Gasteiger partial charge in [-0.25, -0.2) is 0 Å². The van der Waals surface area contributed by atoms with Crippen LogP contribution in [-0.2, 0) is 18.4 Å². The lowest BCUT2D eigenvalue weighted by molar-refractivity contribution is -0.118. The largest absolute Gasteiger partial charge is 0.370 e. The summed E-state index contributed by atoms with van der Waals surface area (Å²) < 4.78 is 1.67. The van der Waals surface area contributed by atoms with E-state index < -0.39 is 0 Å². The number of rotatable bonds is 7. The number of amides is 1. The molecule has 0 aliphatic rings. The van der Waals surface area contributed by atoms with Gasteiger partial charge in [0.15, 0.2) is 0 Å². The van der Waals surface area contributed by atoms with Crippen molar-refractivity contribution >= 4 is 5.91 Å². The van der Waals surface area contributed by atoms with E-state index in [1.807, 2.05) is 13.2 Å². The number of carbonyl (C=O) groups excluding carboxylic acids is 1. The number of unbranched alkanes of at least 4 members (excludes halogenated alkanes) is 1. The molecular formula is C9H17N5O. The molecule has 0 unspecified atom stereocenters. The molecule has 3 N–H and O–H groups in total. The van der Waals surface area contributed by atoms with Crippen LogP contribution in [0.1, 0.15) is 25.0 Å². The third-order valence-electron chi connectivity index (χ3n) is 1.98. The van der Waals surface area contributed by atoms with Crippen molar-refractivity contribution in [3.05, 3.63) is 11.9 Å². The summed E-state index contributed by atoms with van der Waals surface area (Å²) >= 11 is 0. The van der Waals surface area contributed by atoms with E-state index in [9.17, 15) is 4.79 Å². The SMILES string of the molecule is Cn1cc(CNCCCCC(N)=O)nn1. The average molecular weight is 211 g/mol. The van der Waals surface area contributed by atoms with E-state index in [-0.39, 0.29) is 5.91 Å². The van der Waals surface area contributed by atoms with E-state index in [1.54, 1.807) is 4.68 Å². The van der Waals surface area contributed by atoms with Gasteiger partial charge in [-0.15, -0.1) is 5.10 Å². The molecule has 15 heavy (non-hydrogen) atoms. The van der Waals surface area contributed by atoms with Gasteiger partial charge in [-0.05, 0) is 19.4 Å². The Morgan fingerprint density at radius 1 is 1.60 bits per heavy atom. The first kappa shape index (κ1) is 11.6. The minimum Gasteiger partial charge on any atom is -0.370 e. The predicted molar refractivity (Wildman–Crippen MR) is 55.8 cm³/mol. The number of nitrogens with one attached hydrogen (secondary N) is 1. The summed E-state index contributed by atoms with van der Waals surface area (Å²) in [4.78, 5) is 10.4. The van der Waals surface area contributed by atoms with Gasteiger partial charge in [0.05, 0.1) is 5.69 Å². The number of carbonyl (C=O) groups is 1. The van der Waals surface area contributed by atoms with Crippen LogP contribution in [0.5, 0.6) is 0 Å². The molecule has 0 saturated carbocycles. The molecular weight excluding hydrogens is 194 g/mol. The molecule has 0 saturated heterocycles. The summed E-state index contributed by atoms with van der Waals surface area (Å²) in [6, 6.07) is 0. The van der Waals surface area contributed by atoms with Crippen LogP contribution in [0.2, 0.25) is 0 Å². The number of nitrogens with two attached hydrogens (primary N) is 1. The van der Waals surface area contributed by atoms with E-state index in [2.05, 4.69) is 15.6 Å². The topological polar surface area (TPSA) is 85.8 Å². The first-order valence-electron chi connectivity index (χ1n) is 5.02. The Bertz CT molecular complexity index is 309. The molecule has 0 bridgehead atoms. The second kappa shape index (κ2) is 6.13. The van der Waals surface area contributed by atoms with Gasteiger partial charge in [-0.3, -0.25) is 9.48 Å². The van der Waals surface area contributed by atoms with E-state index in [1.165, 1.54) is 0 Å². The molecule has 1 rings (SSSR count). The lowest BCUT2D eigenvalue weighted by Gasteiger charge is -2.00. The molecule has 0 atom stereocenters. The molecule has 1 aromatic heterocycles. The molecule has 84 valence electrons. The van der Waals surface area contributed by atoms with E-state index >= 15 is 0 Å². The molecule has 0 radical (unpaired) electrons. The summed E-state index contributed by atoms with van der Waals surface area (Å²) in [6.07, 6.45) is 4.12. The van der Waals surface area contributed by atoms with E-state index in [0.717, 1.165) is 25.1 Å². The molecule has 1 aromatic rings.